The van der Waals surface area contributed by atoms with Gasteiger partial charge in [0.25, 0.3) is 0 Å². The molecule has 0 saturated heterocycles. The maximum Gasteiger partial charge on any atom is 0.180 e. The van der Waals surface area contributed by atoms with E-state index in [1.54, 1.807) is 0 Å². The molecule has 0 bridgehead atoms. The van der Waals surface area contributed by atoms with Crippen LogP contribution in [0.3, 0.4) is 0 Å². The van der Waals surface area contributed by atoms with Crippen molar-refractivity contribution >= 4 is 23.1 Å². The number of nitrogens with two attached hydrogens (primary N) is 1. The van der Waals surface area contributed by atoms with Crippen molar-refractivity contribution in [3.05, 3.63) is 71.3 Å². The highest BCUT2D eigenvalue weighted by Gasteiger charge is 2.18. The fraction of sp³-hybridized carbons (Fsp3) is 0.391. The lowest BCUT2D eigenvalue weighted by Gasteiger charge is -2.31. The molecule has 1 saturated carbocycles. The molecule has 1 aliphatic rings. The summed E-state index contributed by atoms with van der Waals surface area (Å²) in [5.41, 5.74) is 9.61. The molecule has 1 fully saturated rings. The van der Waals surface area contributed by atoms with E-state index in [1.165, 1.54) is 55.0 Å². The number of hydrogen-bond donors (Lipinski definition) is 1. The molecule has 1 aliphatic carbocycles. The van der Waals surface area contributed by atoms with E-state index in [0.717, 1.165) is 17.9 Å². The molecule has 3 rings (SSSR count). The van der Waals surface area contributed by atoms with Gasteiger partial charge >= 0.3 is 0 Å². The molecule has 4 nitrogen and oxygen atoms in total. The summed E-state index contributed by atoms with van der Waals surface area (Å²) in [6, 6.07) is 19.4. The van der Waals surface area contributed by atoms with Gasteiger partial charge in [-0.2, -0.15) is 5.10 Å². The molecular weight excluding hydrogens is 364 g/mol. The number of benzene rings is 2. The maximum absolute atomic E-state index is 5.99. The summed E-state index contributed by atoms with van der Waals surface area (Å²) in [7, 11) is 2.24. The summed E-state index contributed by atoms with van der Waals surface area (Å²) in [5, 5.41) is 8.87. The molecule has 148 valence electrons. The lowest BCUT2D eigenvalue weighted by molar-refractivity contribution is 0.184. The highest BCUT2D eigenvalue weighted by atomic mass is 32.2. The quantitative estimate of drug-likeness (QED) is 0.407. The van der Waals surface area contributed by atoms with E-state index >= 15 is 0 Å². The fourth-order valence-electron chi connectivity index (χ4n) is 3.63. The average Bonchev–Trinajstić information content (AvgIpc) is 2.75. The monoisotopic (exact) mass is 394 g/mol. The minimum Gasteiger partial charge on any atom is -0.377 e. The second kappa shape index (κ2) is 11.0. The zero-order valence-corrected chi connectivity index (χ0v) is 17.4. The number of thioether (sulfide) groups is 1. The summed E-state index contributed by atoms with van der Waals surface area (Å²) in [5.74, 6) is 0.800. The first kappa shape index (κ1) is 20.6. The third-order valence-corrected chi connectivity index (χ3v) is 6.11. The Bertz CT molecular complexity index is 782. The number of amidine groups is 1. The Kier molecular flexibility index (Phi) is 8.12. The van der Waals surface area contributed by atoms with Crippen LogP contribution in [-0.4, -0.2) is 29.4 Å². The first-order valence-electron chi connectivity index (χ1n) is 10.0. The van der Waals surface area contributed by atoms with Gasteiger partial charge in [-0.1, -0.05) is 85.6 Å². The van der Waals surface area contributed by atoms with Crippen LogP contribution < -0.4 is 5.73 Å². The fourth-order valence-corrected chi connectivity index (χ4v) is 4.24. The Morgan fingerprint density at radius 2 is 1.79 bits per heavy atom. The van der Waals surface area contributed by atoms with E-state index in [4.69, 9.17) is 5.73 Å². The van der Waals surface area contributed by atoms with Gasteiger partial charge in [-0.15, -0.1) is 5.10 Å². The van der Waals surface area contributed by atoms with E-state index < -0.39 is 0 Å². The molecule has 0 heterocycles. The zero-order chi connectivity index (χ0) is 19.6. The summed E-state index contributed by atoms with van der Waals surface area (Å²) >= 11 is 1.50. The van der Waals surface area contributed by atoms with Gasteiger partial charge in [0, 0.05) is 18.3 Å². The molecule has 0 spiro atoms. The first-order valence-corrected chi connectivity index (χ1v) is 11.0. The van der Waals surface area contributed by atoms with Crippen LogP contribution in [0.25, 0.3) is 0 Å². The van der Waals surface area contributed by atoms with Crippen molar-refractivity contribution in [2.75, 3.05) is 7.05 Å². The predicted octanol–water partition coefficient (Wildman–Crippen LogP) is 5.03. The summed E-state index contributed by atoms with van der Waals surface area (Å²) in [6.07, 6.45) is 8.53. The topological polar surface area (TPSA) is 54.0 Å². The maximum atomic E-state index is 5.99. The molecule has 5 heteroatoms. The van der Waals surface area contributed by atoms with Crippen LogP contribution in [0.4, 0.5) is 0 Å². The Labute approximate surface area is 172 Å². The average molecular weight is 395 g/mol. The smallest absolute Gasteiger partial charge is 0.180 e. The van der Waals surface area contributed by atoms with Crippen molar-refractivity contribution in [3.8, 4) is 0 Å². The normalized spacial score (nSPS) is 16.1. The van der Waals surface area contributed by atoms with E-state index in [9.17, 15) is 0 Å². The Morgan fingerprint density at radius 1 is 1.07 bits per heavy atom. The number of hydrogen-bond acceptors (Lipinski definition) is 4. The standard InChI is InChI=1S/C23H30N4S/c1-27(22-14-6-3-7-15-22)17-21-13-9-8-12-20(21)16-25-26-23(24)28-18-19-10-4-2-5-11-19/h2,4-5,8-13,16,22H,3,6-7,14-15,17-18H2,1H3,(H2,24,26). The molecule has 2 aromatic rings. The van der Waals surface area contributed by atoms with Crippen molar-refractivity contribution in [2.24, 2.45) is 15.9 Å². The second-order valence-corrected chi connectivity index (χ2v) is 8.36. The third-order valence-electron chi connectivity index (χ3n) is 5.26. The lowest BCUT2D eigenvalue weighted by atomic mass is 9.94. The first-order chi connectivity index (χ1) is 13.7. The molecule has 0 unspecified atom stereocenters. The van der Waals surface area contributed by atoms with Crippen molar-refractivity contribution in [3.63, 3.8) is 0 Å². The summed E-state index contributed by atoms with van der Waals surface area (Å²) in [6.45, 7) is 0.939. The molecule has 0 aromatic heterocycles. The van der Waals surface area contributed by atoms with Gasteiger partial charge < -0.3 is 5.73 Å². The Balaban J connectivity index is 1.57. The van der Waals surface area contributed by atoms with Crippen molar-refractivity contribution < 1.29 is 0 Å². The molecule has 0 amide bonds. The van der Waals surface area contributed by atoms with E-state index in [0.29, 0.717) is 11.2 Å². The van der Waals surface area contributed by atoms with Gasteiger partial charge in [0.15, 0.2) is 5.17 Å². The van der Waals surface area contributed by atoms with Crippen molar-refractivity contribution in [1.82, 2.24) is 4.90 Å². The van der Waals surface area contributed by atoms with Crippen LogP contribution in [-0.2, 0) is 12.3 Å². The van der Waals surface area contributed by atoms with Crippen molar-refractivity contribution in [1.29, 1.82) is 0 Å². The number of rotatable bonds is 7. The molecular formula is C23H30N4S. The molecule has 0 atom stereocenters. The van der Waals surface area contributed by atoms with Gasteiger partial charge in [0.1, 0.15) is 0 Å². The molecule has 2 N–H and O–H groups in total. The summed E-state index contributed by atoms with van der Waals surface area (Å²) < 4.78 is 0. The predicted molar refractivity (Wildman–Crippen MR) is 122 cm³/mol. The van der Waals surface area contributed by atoms with Crippen LogP contribution in [0.5, 0.6) is 0 Å². The van der Waals surface area contributed by atoms with Crippen LogP contribution in [0.2, 0.25) is 0 Å². The number of nitrogens with zero attached hydrogens (tertiary/aromatic N) is 3. The highest BCUT2D eigenvalue weighted by Crippen LogP contribution is 2.23. The van der Waals surface area contributed by atoms with Gasteiger partial charge in [-0.25, -0.2) is 0 Å². The molecule has 28 heavy (non-hydrogen) atoms. The lowest BCUT2D eigenvalue weighted by Crippen LogP contribution is -2.33. The van der Waals surface area contributed by atoms with Gasteiger partial charge in [-0.3, -0.25) is 4.90 Å². The van der Waals surface area contributed by atoms with Crippen LogP contribution >= 0.6 is 11.8 Å². The van der Waals surface area contributed by atoms with Crippen LogP contribution in [0.15, 0.2) is 64.8 Å². The minimum atomic E-state index is 0.483. The van der Waals surface area contributed by atoms with Gasteiger partial charge in [0.2, 0.25) is 0 Å². The van der Waals surface area contributed by atoms with Gasteiger partial charge in [0.05, 0.1) is 6.21 Å². The van der Waals surface area contributed by atoms with E-state index in [-0.39, 0.29) is 0 Å². The highest BCUT2D eigenvalue weighted by molar-refractivity contribution is 8.13. The van der Waals surface area contributed by atoms with Gasteiger partial charge in [-0.05, 0) is 36.6 Å². The van der Waals surface area contributed by atoms with Crippen LogP contribution in [0.1, 0.15) is 48.8 Å². The molecule has 0 aliphatic heterocycles. The second-order valence-electron chi connectivity index (χ2n) is 7.36. The van der Waals surface area contributed by atoms with Crippen LogP contribution in [0, 0.1) is 0 Å². The Hall–Kier alpha value is -2.11. The SMILES string of the molecule is CN(Cc1ccccc1C=NN=C(N)SCc1ccccc1)C1CCCCC1. The Morgan fingerprint density at radius 3 is 2.57 bits per heavy atom. The molecule has 0 radical (unpaired) electrons. The molecule has 2 aromatic carbocycles. The largest absolute Gasteiger partial charge is 0.377 e. The van der Waals surface area contributed by atoms with Crippen molar-refractivity contribution in [2.45, 2.75) is 50.4 Å². The minimum absolute atomic E-state index is 0.483. The third kappa shape index (κ3) is 6.50. The zero-order valence-electron chi connectivity index (χ0n) is 16.6. The van der Waals surface area contributed by atoms with E-state index in [2.05, 4.69) is 52.5 Å². The van der Waals surface area contributed by atoms with E-state index in [1.807, 2.05) is 30.5 Å². The summed E-state index contributed by atoms with van der Waals surface area (Å²) in [4.78, 5) is 2.49.